The van der Waals surface area contributed by atoms with Crippen molar-refractivity contribution in [3.63, 3.8) is 0 Å². The number of carbonyl (C=O) groups is 1. The van der Waals surface area contributed by atoms with E-state index in [0.29, 0.717) is 9.87 Å². The van der Waals surface area contributed by atoms with Gasteiger partial charge in [0.25, 0.3) is 5.92 Å². The van der Waals surface area contributed by atoms with Crippen molar-refractivity contribution in [2.24, 2.45) is 0 Å². The molecule has 0 aromatic heterocycles. The van der Waals surface area contributed by atoms with Gasteiger partial charge in [-0.2, -0.15) is 17.5 Å². The number of amides is 1. The smallest absolute Gasteiger partial charge is 0.416 e. The first-order chi connectivity index (χ1) is 17.7. The Morgan fingerprint density at radius 1 is 1.00 bits per heavy atom. The Kier molecular flexibility index (Phi) is 7.44. The summed E-state index contributed by atoms with van der Waals surface area (Å²) in [5, 5.41) is 2.44. The summed E-state index contributed by atoms with van der Waals surface area (Å²) in [6.07, 6.45) is -5.52. The molecule has 1 aliphatic heterocycles. The number of nitrogens with zero attached hydrogens (tertiary/aromatic N) is 1. The molecule has 1 atom stereocenters. The lowest BCUT2D eigenvalue weighted by molar-refractivity contribution is -0.137. The van der Waals surface area contributed by atoms with Gasteiger partial charge < -0.3 is 10.1 Å². The predicted octanol–water partition coefficient (Wildman–Crippen LogP) is 5.35. The summed E-state index contributed by atoms with van der Waals surface area (Å²) in [4.78, 5) is 12.4. The molecule has 202 valence electrons. The van der Waals surface area contributed by atoms with Crippen LogP contribution in [0.5, 0.6) is 11.5 Å². The SMILES string of the molecule is O=C(NCc1cccc(Oc2ccc(C(F)(F)F)cc2)c1)[C@@H]1CC(F)(F)CN1S(=O)(=O)c1ccc(F)cc1. The number of carbonyl (C=O) groups excluding carboxylic acids is 1. The van der Waals surface area contributed by atoms with Gasteiger partial charge >= 0.3 is 6.18 Å². The number of halogens is 6. The van der Waals surface area contributed by atoms with Crippen LogP contribution in [0.2, 0.25) is 0 Å². The highest BCUT2D eigenvalue weighted by molar-refractivity contribution is 7.89. The van der Waals surface area contributed by atoms with Crippen LogP contribution in [0.25, 0.3) is 0 Å². The van der Waals surface area contributed by atoms with E-state index in [1.165, 1.54) is 12.1 Å². The average Bonchev–Trinajstić information content (AvgIpc) is 3.19. The lowest BCUT2D eigenvalue weighted by atomic mass is 10.1. The number of sulfonamides is 1. The van der Waals surface area contributed by atoms with E-state index in [1.54, 1.807) is 12.1 Å². The molecule has 0 spiro atoms. The minimum absolute atomic E-state index is 0.133. The number of ether oxygens (including phenoxy) is 1. The van der Waals surface area contributed by atoms with E-state index < -0.39 is 63.3 Å². The molecule has 0 bridgehead atoms. The molecular formula is C25H20F6N2O4S. The molecule has 1 amide bonds. The van der Waals surface area contributed by atoms with Gasteiger partial charge in [0.2, 0.25) is 15.9 Å². The van der Waals surface area contributed by atoms with Gasteiger partial charge in [0.1, 0.15) is 23.4 Å². The quantitative estimate of drug-likeness (QED) is 0.397. The van der Waals surface area contributed by atoms with E-state index in [-0.39, 0.29) is 18.0 Å². The molecule has 0 unspecified atom stereocenters. The molecule has 13 heteroatoms. The fourth-order valence-corrected chi connectivity index (χ4v) is 5.49. The maximum absolute atomic E-state index is 14.2. The van der Waals surface area contributed by atoms with Gasteiger partial charge in [-0.25, -0.2) is 21.6 Å². The van der Waals surface area contributed by atoms with Crippen LogP contribution < -0.4 is 10.1 Å². The molecule has 6 nitrogen and oxygen atoms in total. The highest BCUT2D eigenvalue weighted by Crippen LogP contribution is 2.36. The number of nitrogens with one attached hydrogen (secondary N) is 1. The van der Waals surface area contributed by atoms with Crippen molar-refractivity contribution in [3.05, 3.63) is 89.7 Å². The zero-order valence-electron chi connectivity index (χ0n) is 19.4. The highest BCUT2D eigenvalue weighted by Gasteiger charge is 2.52. The molecule has 1 saturated heterocycles. The second-order valence-electron chi connectivity index (χ2n) is 8.57. The van der Waals surface area contributed by atoms with Crippen LogP contribution in [-0.2, 0) is 27.5 Å². The van der Waals surface area contributed by atoms with Crippen LogP contribution in [0.3, 0.4) is 0 Å². The summed E-state index contributed by atoms with van der Waals surface area (Å²) in [6, 6.07) is 12.1. The van der Waals surface area contributed by atoms with Gasteiger partial charge in [-0.15, -0.1) is 0 Å². The van der Waals surface area contributed by atoms with Crippen LogP contribution in [0, 0.1) is 5.82 Å². The summed E-state index contributed by atoms with van der Waals surface area (Å²) in [5.74, 6) is -4.75. The Morgan fingerprint density at radius 3 is 2.29 bits per heavy atom. The molecular weight excluding hydrogens is 538 g/mol. The topological polar surface area (TPSA) is 75.7 Å². The molecule has 3 aromatic carbocycles. The maximum atomic E-state index is 14.2. The van der Waals surface area contributed by atoms with Crippen LogP contribution in [0.4, 0.5) is 26.3 Å². The standard InChI is InChI=1S/C25H20F6N2O4S/c26-18-6-10-21(11-7-18)38(35,36)33-15-24(27,28)13-22(33)23(34)32-14-16-2-1-3-20(12-16)37-19-8-4-17(5-9-19)25(29,30)31/h1-12,22H,13-15H2,(H,32,34)/t22-/m0/s1. The Hall–Kier alpha value is -3.58. The lowest BCUT2D eigenvalue weighted by Crippen LogP contribution is -2.45. The first-order valence-electron chi connectivity index (χ1n) is 11.1. The Morgan fingerprint density at radius 2 is 1.66 bits per heavy atom. The molecule has 0 radical (unpaired) electrons. The van der Waals surface area contributed by atoms with Crippen LogP contribution in [-0.4, -0.2) is 37.1 Å². The third-order valence-electron chi connectivity index (χ3n) is 5.73. The van der Waals surface area contributed by atoms with Crippen molar-refractivity contribution >= 4 is 15.9 Å². The largest absolute Gasteiger partial charge is 0.457 e. The summed E-state index contributed by atoms with van der Waals surface area (Å²) < 4.78 is 112. The number of rotatable bonds is 7. The molecule has 1 aliphatic rings. The Labute approximate surface area is 213 Å². The monoisotopic (exact) mass is 558 g/mol. The van der Waals surface area contributed by atoms with Crippen molar-refractivity contribution in [1.29, 1.82) is 0 Å². The van der Waals surface area contributed by atoms with Gasteiger partial charge in [0.15, 0.2) is 0 Å². The summed E-state index contributed by atoms with van der Waals surface area (Å²) in [6.45, 7) is -1.38. The summed E-state index contributed by atoms with van der Waals surface area (Å²) in [5.41, 5.74) is -0.380. The van der Waals surface area contributed by atoms with Crippen molar-refractivity contribution in [2.75, 3.05) is 6.54 Å². The summed E-state index contributed by atoms with van der Waals surface area (Å²) in [7, 11) is -4.52. The van der Waals surface area contributed by atoms with Crippen molar-refractivity contribution in [3.8, 4) is 11.5 Å². The summed E-state index contributed by atoms with van der Waals surface area (Å²) >= 11 is 0. The Bertz CT molecular complexity index is 1410. The van der Waals surface area contributed by atoms with E-state index in [1.807, 2.05) is 0 Å². The number of benzene rings is 3. The molecule has 1 heterocycles. The molecule has 1 fully saturated rings. The van der Waals surface area contributed by atoms with E-state index in [2.05, 4.69) is 5.32 Å². The van der Waals surface area contributed by atoms with Gasteiger partial charge in [-0.3, -0.25) is 4.79 Å². The van der Waals surface area contributed by atoms with Crippen molar-refractivity contribution < 1.29 is 44.3 Å². The fraction of sp³-hybridized carbons (Fsp3) is 0.240. The number of hydrogen-bond donors (Lipinski definition) is 1. The normalized spacial score (nSPS) is 17.8. The van der Waals surface area contributed by atoms with Gasteiger partial charge in [-0.1, -0.05) is 12.1 Å². The zero-order valence-corrected chi connectivity index (χ0v) is 20.2. The predicted molar refractivity (Wildman–Crippen MR) is 123 cm³/mol. The van der Waals surface area contributed by atoms with Crippen LogP contribution in [0.1, 0.15) is 17.5 Å². The van der Waals surface area contributed by atoms with E-state index in [0.717, 1.165) is 48.5 Å². The van der Waals surface area contributed by atoms with E-state index in [9.17, 15) is 39.6 Å². The van der Waals surface area contributed by atoms with E-state index >= 15 is 0 Å². The molecule has 4 rings (SSSR count). The minimum Gasteiger partial charge on any atom is -0.457 e. The average molecular weight is 559 g/mol. The third kappa shape index (κ3) is 6.27. The molecule has 0 saturated carbocycles. The minimum atomic E-state index is -4.52. The lowest BCUT2D eigenvalue weighted by Gasteiger charge is -2.22. The van der Waals surface area contributed by atoms with Crippen molar-refractivity contribution in [1.82, 2.24) is 9.62 Å². The second kappa shape index (κ2) is 10.3. The van der Waals surface area contributed by atoms with Crippen LogP contribution >= 0.6 is 0 Å². The van der Waals surface area contributed by atoms with Crippen LogP contribution in [0.15, 0.2) is 77.7 Å². The van der Waals surface area contributed by atoms with Crippen molar-refractivity contribution in [2.45, 2.75) is 36.0 Å². The second-order valence-corrected chi connectivity index (χ2v) is 10.5. The molecule has 1 N–H and O–H groups in total. The molecule has 3 aromatic rings. The number of hydrogen-bond acceptors (Lipinski definition) is 4. The maximum Gasteiger partial charge on any atom is 0.416 e. The zero-order chi connectivity index (χ0) is 27.7. The van der Waals surface area contributed by atoms with E-state index in [4.69, 9.17) is 4.74 Å². The first kappa shape index (κ1) is 27.5. The third-order valence-corrected chi connectivity index (χ3v) is 7.60. The van der Waals surface area contributed by atoms with Gasteiger partial charge in [0, 0.05) is 13.0 Å². The molecule has 0 aliphatic carbocycles. The fourth-order valence-electron chi connectivity index (χ4n) is 3.88. The highest BCUT2D eigenvalue weighted by atomic mass is 32.2. The Balaban J connectivity index is 1.44. The molecule has 38 heavy (non-hydrogen) atoms. The van der Waals surface area contributed by atoms with Gasteiger partial charge in [-0.05, 0) is 66.2 Å². The van der Waals surface area contributed by atoms with Gasteiger partial charge in [0.05, 0.1) is 17.0 Å². The first-order valence-corrected chi connectivity index (χ1v) is 12.6. The number of alkyl halides is 5.